The minimum atomic E-state index is 0.547. The number of aromatic nitrogens is 2. The molecule has 0 bridgehead atoms. The Kier molecular flexibility index (Phi) is 2.08. The summed E-state index contributed by atoms with van der Waals surface area (Å²) in [5.41, 5.74) is 9.50. The lowest BCUT2D eigenvalue weighted by Gasteiger charge is -1.95. The summed E-state index contributed by atoms with van der Waals surface area (Å²) in [5, 5.41) is 0. The Labute approximate surface area is 98.1 Å². The smallest absolute Gasteiger partial charge is 0.247 e. The number of benzene rings is 1. The number of pyridine rings is 1. The summed E-state index contributed by atoms with van der Waals surface area (Å²) in [4.78, 5) is 8.66. The average Bonchev–Trinajstić information content (AvgIpc) is 2.72. The van der Waals surface area contributed by atoms with Gasteiger partial charge in [0.2, 0.25) is 11.6 Å². The van der Waals surface area contributed by atoms with Crippen LogP contribution >= 0.6 is 0 Å². The summed E-state index contributed by atoms with van der Waals surface area (Å²) in [7, 11) is 0. The second kappa shape index (κ2) is 3.59. The fourth-order valence-corrected chi connectivity index (χ4v) is 1.70. The first-order valence-electron chi connectivity index (χ1n) is 5.32. The number of nitrogens with zero attached hydrogens (tertiary/aromatic N) is 2. The van der Waals surface area contributed by atoms with Gasteiger partial charge in [-0.2, -0.15) is 0 Å². The minimum absolute atomic E-state index is 0.547. The maximum absolute atomic E-state index is 5.73. The van der Waals surface area contributed by atoms with Gasteiger partial charge in [0.25, 0.3) is 0 Å². The van der Waals surface area contributed by atoms with Crippen molar-refractivity contribution >= 4 is 16.9 Å². The molecule has 0 radical (unpaired) electrons. The largest absolute Gasteiger partial charge is 0.418 e. The Morgan fingerprint density at radius 1 is 1.12 bits per heavy atom. The second-order valence-electron chi connectivity index (χ2n) is 3.92. The van der Waals surface area contributed by atoms with Gasteiger partial charge in [-0.1, -0.05) is 6.07 Å². The predicted octanol–water partition coefficient (Wildman–Crippen LogP) is 2.78. The second-order valence-corrected chi connectivity index (χ2v) is 3.92. The van der Waals surface area contributed by atoms with E-state index in [2.05, 4.69) is 9.97 Å². The summed E-state index contributed by atoms with van der Waals surface area (Å²) < 4.78 is 5.61. The lowest BCUT2D eigenvalue weighted by Crippen LogP contribution is -1.84. The van der Waals surface area contributed by atoms with Crippen LogP contribution in [-0.2, 0) is 0 Å². The molecule has 3 rings (SSSR count). The first-order valence-corrected chi connectivity index (χ1v) is 5.32. The molecule has 0 aliphatic rings. The number of hydrogen-bond donors (Lipinski definition) is 1. The molecule has 3 aromatic rings. The molecule has 0 aliphatic heterocycles. The van der Waals surface area contributed by atoms with Gasteiger partial charge in [0.15, 0.2) is 0 Å². The molecule has 1 aromatic carbocycles. The van der Waals surface area contributed by atoms with Crippen LogP contribution in [0, 0.1) is 6.92 Å². The molecular formula is C13H11N3O. The Balaban J connectivity index is 2.18. The van der Waals surface area contributed by atoms with Crippen molar-refractivity contribution in [3.05, 3.63) is 42.1 Å². The van der Waals surface area contributed by atoms with E-state index in [1.54, 1.807) is 0 Å². The van der Waals surface area contributed by atoms with E-state index in [9.17, 15) is 0 Å². The van der Waals surface area contributed by atoms with Gasteiger partial charge in [-0.25, -0.2) is 9.97 Å². The molecule has 0 saturated carbocycles. The number of anilines is 1. The van der Waals surface area contributed by atoms with Gasteiger partial charge in [-0.05, 0) is 37.3 Å². The van der Waals surface area contributed by atoms with Crippen LogP contribution in [0.5, 0.6) is 0 Å². The quantitative estimate of drug-likeness (QED) is 0.647. The van der Waals surface area contributed by atoms with Crippen LogP contribution in [0.4, 0.5) is 5.69 Å². The molecule has 17 heavy (non-hydrogen) atoms. The highest BCUT2D eigenvalue weighted by Gasteiger charge is 2.09. The molecule has 4 heteroatoms. The van der Waals surface area contributed by atoms with Crippen molar-refractivity contribution in [2.75, 3.05) is 5.73 Å². The summed E-state index contributed by atoms with van der Waals surface area (Å²) in [6.07, 6.45) is 0. The zero-order chi connectivity index (χ0) is 11.8. The fourth-order valence-electron chi connectivity index (χ4n) is 1.70. The van der Waals surface area contributed by atoms with Crippen LogP contribution in [-0.4, -0.2) is 9.97 Å². The van der Waals surface area contributed by atoms with E-state index in [4.69, 9.17) is 10.2 Å². The van der Waals surface area contributed by atoms with E-state index in [1.807, 2.05) is 43.3 Å². The molecule has 4 nitrogen and oxygen atoms in total. The number of hydrogen-bond acceptors (Lipinski definition) is 4. The number of rotatable bonds is 1. The molecule has 0 unspecified atom stereocenters. The number of oxazole rings is 1. The summed E-state index contributed by atoms with van der Waals surface area (Å²) in [6, 6.07) is 11.3. The highest BCUT2D eigenvalue weighted by atomic mass is 16.4. The topological polar surface area (TPSA) is 64.9 Å². The number of nitrogen functional groups attached to an aromatic ring is 1. The van der Waals surface area contributed by atoms with E-state index in [0.717, 1.165) is 16.8 Å². The fraction of sp³-hybridized carbons (Fsp3) is 0.0769. The Hall–Kier alpha value is -2.36. The van der Waals surface area contributed by atoms with Crippen LogP contribution < -0.4 is 5.73 Å². The Morgan fingerprint density at radius 3 is 2.82 bits per heavy atom. The molecule has 0 atom stereocenters. The number of aryl methyl sites for hydroxylation is 1. The summed E-state index contributed by atoms with van der Waals surface area (Å²) in [6.45, 7) is 1.92. The average molecular weight is 225 g/mol. The summed E-state index contributed by atoms with van der Waals surface area (Å²) >= 11 is 0. The van der Waals surface area contributed by atoms with Crippen molar-refractivity contribution < 1.29 is 4.42 Å². The van der Waals surface area contributed by atoms with Gasteiger partial charge in [-0.3, -0.25) is 0 Å². The molecule has 2 aromatic heterocycles. The maximum Gasteiger partial charge on any atom is 0.247 e. The lowest BCUT2D eigenvalue weighted by atomic mass is 10.2. The van der Waals surface area contributed by atoms with E-state index in [-0.39, 0.29) is 0 Å². The molecular weight excluding hydrogens is 214 g/mol. The normalized spacial score (nSPS) is 10.9. The number of nitrogens with two attached hydrogens (primary N) is 1. The van der Waals surface area contributed by atoms with Gasteiger partial charge in [-0.15, -0.1) is 0 Å². The molecule has 2 N–H and O–H groups in total. The third kappa shape index (κ3) is 1.73. The molecule has 2 heterocycles. The SMILES string of the molecule is Cc1ccc2nc(-c3cccc(N)c3)oc2n1. The van der Waals surface area contributed by atoms with E-state index >= 15 is 0 Å². The Bertz CT molecular complexity index is 688. The third-order valence-corrected chi connectivity index (χ3v) is 2.53. The predicted molar refractivity (Wildman–Crippen MR) is 66.4 cm³/mol. The van der Waals surface area contributed by atoms with Gasteiger partial charge in [0, 0.05) is 16.9 Å². The zero-order valence-corrected chi connectivity index (χ0v) is 9.34. The summed E-state index contributed by atoms with van der Waals surface area (Å²) in [5.74, 6) is 0.547. The van der Waals surface area contributed by atoms with Crippen LogP contribution in [0.15, 0.2) is 40.8 Å². The minimum Gasteiger partial charge on any atom is -0.418 e. The molecule has 0 aliphatic carbocycles. The highest BCUT2D eigenvalue weighted by Crippen LogP contribution is 2.24. The van der Waals surface area contributed by atoms with Crippen molar-refractivity contribution in [1.82, 2.24) is 9.97 Å². The first kappa shape index (κ1) is 9.84. The van der Waals surface area contributed by atoms with Crippen LogP contribution in [0.1, 0.15) is 5.69 Å². The van der Waals surface area contributed by atoms with Gasteiger partial charge in [0.05, 0.1) is 0 Å². The van der Waals surface area contributed by atoms with Gasteiger partial charge < -0.3 is 10.2 Å². The Morgan fingerprint density at radius 2 is 2.00 bits per heavy atom. The molecule has 84 valence electrons. The molecule has 0 amide bonds. The molecule has 0 spiro atoms. The van der Waals surface area contributed by atoms with Crippen molar-refractivity contribution in [2.24, 2.45) is 0 Å². The molecule has 0 saturated heterocycles. The van der Waals surface area contributed by atoms with Crippen molar-refractivity contribution in [1.29, 1.82) is 0 Å². The van der Waals surface area contributed by atoms with E-state index in [0.29, 0.717) is 17.3 Å². The maximum atomic E-state index is 5.73. The van der Waals surface area contributed by atoms with Crippen molar-refractivity contribution in [2.45, 2.75) is 6.92 Å². The van der Waals surface area contributed by atoms with Crippen molar-refractivity contribution in [3.8, 4) is 11.5 Å². The zero-order valence-electron chi connectivity index (χ0n) is 9.34. The van der Waals surface area contributed by atoms with E-state index in [1.165, 1.54) is 0 Å². The lowest BCUT2D eigenvalue weighted by molar-refractivity contribution is 0.607. The van der Waals surface area contributed by atoms with Gasteiger partial charge in [0.1, 0.15) is 5.52 Å². The van der Waals surface area contributed by atoms with Crippen LogP contribution in [0.3, 0.4) is 0 Å². The first-order chi connectivity index (χ1) is 8.22. The van der Waals surface area contributed by atoms with Gasteiger partial charge >= 0.3 is 0 Å². The number of fused-ring (bicyclic) bond motifs is 1. The highest BCUT2D eigenvalue weighted by molar-refractivity contribution is 5.73. The molecule has 0 fully saturated rings. The third-order valence-electron chi connectivity index (χ3n) is 2.53. The van der Waals surface area contributed by atoms with Crippen LogP contribution in [0.2, 0.25) is 0 Å². The van der Waals surface area contributed by atoms with Crippen LogP contribution in [0.25, 0.3) is 22.7 Å². The monoisotopic (exact) mass is 225 g/mol. The van der Waals surface area contributed by atoms with Crippen molar-refractivity contribution in [3.63, 3.8) is 0 Å². The standard InChI is InChI=1S/C13H11N3O/c1-8-5-6-11-13(15-8)17-12(16-11)9-3-2-4-10(14)7-9/h2-7H,14H2,1H3. The van der Waals surface area contributed by atoms with E-state index < -0.39 is 0 Å².